The van der Waals surface area contributed by atoms with E-state index in [-0.39, 0.29) is 5.54 Å². The highest BCUT2D eigenvalue weighted by Crippen LogP contribution is 2.35. The van der Waals surface area contributed by atoms with Gasteiger partial charge in [0.2, 0.25) is 0 Å². The highest BCUT2D eigenvalue weighted by atomic mass is 15.2. The summed E-state index contributed by atoms with van der Waals surface area (Å²) < 4.78 is 0. The van der Waals surface area contributed by atoms with Crippen LogP contribution in [0.4, 0.5) is 5.69 Å². The van der Waals surface area contributed by atoms with E-state index in [1.165, 1.54) is 64.5 Å². The van der Waals surface area contributed by atoms with E-state index >= 15 is 0 Å². The minimum atomic E-state index is 0.252. The molecular formula is C19H30N4. The van der Waals surface area contributed by atoms with Crippen LogP contribution in [0.15, 0.2) is 35.3 Å². The Kier molecular flexibility index (Phi) is 5.55. The molecule has 2 fully saturated rings. The van der Waals surface area contributed by atoms with Crippen LogP contribution in [0.2, 0.25) is 0 Å². The first-order valence-corrected chi connectivity index (χ1v) is 9.16. The third-order valence-corrected chi connectivity index (χ3v) is 5.40. The molecule has 4 heteroatoms. The van der Waals surface area contributed by atoms with Gasteiger partial charge in [-0.25, -0.2) is 0 Å². The predicted molar refractivity (Wildman–Crippen MR) is 97.8 cm³/mol. The fourth-order valence-electron chi connectivity index (χ4n) is 4.09. The maximum atomic E-state index is 6.13. The summed E-state index contributed by atoms with van der Waals surface area (Å²) in [5.41, 5.74) is 7.39. The van der Waals surface area contributed by atoms with Crippen LogP contribution in [0.3, 0.4) is 0 Å². The molecule has 0 atom stereocenters. The zero-order chi connectivity index (χ0) is 16.0. The summed E-state index contributed by atoms with van der Waals surface area (Å²) in [7, 11) is 0. The van der Waals surface area contributed by atoms with Crippen LogP contribution in [0.25, 0.3) is 0 Å². The Morgan fingerprint density at radius 1 is 1.00 bits per heavy atom. The van der Waals surface area contributed by atoms with Crippen LogP contribution in [-0.2, 0) is 0 Å². The van der Waals surface area contributed by atoms with Gasteiger partial charge in [0.25, 0.3) is 0 Å². The Hall–Kier alpha value is -1.55. The molecule has 0 aromatic heterocycles. The Labute approximate surface area is 140 Å². The van der Waals surface area contributed by atoms with Crippen molar-refractivity contribution in [3.05, 3.63) is 30.3 Å². The number of nitrogens with zero attached hydrogens (tertiary/aromatic N) is 2. The van der Waals surface area contributed by atoms with Gasteiger partial charge < -0.3 is 11.1 Å². The van der Waals surface area contributed by atoms with Crippen molar-refractivity contribution in [2.24, 2.45) is 10.7 Å². The Morgan fingerprint density at radius 2 is 1.65 bits per heavy atom. The lowest BCUT2D eigenvalue weighted by molar-refractivity contribution is 0.0408. The fourth-order valence-corrected chi connectivity index (χ4v) is 4.09. The number of hydrogen-bond acceptors (Lipinski definition) is 2. The standard InChI is InChI=1S/C19H30N4/c20-18(22-17-10-4-1-5-11-17)21-16-19(12-6-2-7-13-19)23-14-8-3-9-15-23/h1,4-5,10-11H,2-3,6-9,12-16H2,(H3,20,21,22). The fraction of sp³-hybridized carbons (Fsp3) is 0.632. The van der Waals surface area contributed by atoms with Crippen LogP contribution in [0.5, 0.6) is 0 Å². The van der Waals surface area contributed by atoms with Crippen molar-refractivity contribution in [2.75, 3.05) is 25.0 Å². The third-order valence-electron chi connectivity index (χ3n) is 5.40. The van der Waals surface area contributed by atoms with E-state index in [0.29, 0.717) is 5.96 Å². The molecule has 1 aliphatic carbocycles. The Morgan fingerprint density at radius 3 is 2.35 bits per heavy atom. The molecule has 1 aliphatic heterocycles. The second kappa shape index (κ2) is 7.82. The second-order valence-corrected chi connectivity index (χ2v) is 7.03. The maximum absolute atomic E-state index is 6.13. The molecule has 1 saturated carbocycles. The van der Waals surface area contributed by atoms with Crippen molar-refractivity contribution in [3.63, 3.8) is 0 Å². The van der Waals surface area contributed by atoms with Crippen molar-refractivity contribution >= 4 is 11.6 Å². The Balaban J connectivity index is 1.66. The lowest BCUT2D eigenvalue weighted by atomic mass is 9.79. The lowest BCUT2D eigenvalue weighted by Gasteiger charge is -2.47. The van der Waals surface area contributed by atoms with Gasteiger partial charge in [0, 0.05) is 11.2 Å². The zero-order valence-electron chi connectivity index (χ0n) is 14.1. The average Bonchev–Trinajstić information content (AvgIpc) is 2.62. The average molecular weight is 314 g/mol. The number of benzene rings is 1. The van der Waals surface area contributed by atoms with Gasteiger partial charge in [0.1, 0.15) is 0 Å². The number of nitrogens with one attached hydrogen (secondary N) is 1. The first kappa shape index (κ1) is 16.3. The smallest absolute Gasteiger partial charge is 0.193 e. The molecule has 1 saturated heterocycles. The topological polar surface area (TPSA) is 53.6 Å². The highest BCUT2D eigenvalue weighted by Gasteiger charge is 2.38. The molecule has 0 unspecified atom stereocenters. The second-order valence-electron chi connectivity index (χ2n) is 7.03. The van der Waals surface area contributed by atoms with E-state index in [9.17, 15) is 0 Å². The van der Waals surface area contributed by atoms with Gasteiger partial charge in [-0.1, -0.05) is 43.9 Å². The number of piperidine rings is 1. The van der Waals surface area contributed by atoms with Gasteiger partial charge in [0.05, 0.1) is 6.54 Å². The maximum Gasteiger partial charge on any atom is 0.193 e. The number of likely N-dealkylation sites (tertiary alicyclic amines) is 1. The molecule has 0 radical (unpaired) electrons. The molecule has 3 N–H and O–H groups in total. The van der Waals surface area contributed by atoms with Gasteiger partial charge in [-0.15, -0.1) is 0 Å². The minimum Gasteiger partial charge on any atom is -0.370 e. The first-order valence-electron chi connectivity index (χ1n) is 9.16. The van der Waals surface area contributed by atoms with E-state index in [4.69, 9.17) is 10.7 Å². The molecule has 1 aromatic carbocycles. The Bertz CT molecular complexity index is 499. The largest absolute Gasteiger partial charge is 0.370 e. The molecule has 0 spiro atoms. The van der Waals surface area contributed by atoms with Gasteiger partial charge in [-0.2, -0.15) is 0 Å². The number of para-hydroxylation sites is 1. The summed E-state index contributed by atoms with van der Waals surface area (Å²) in [5, 5.41) is 3.21. The number of guanidine groups is 1. The molecule has 2 aliphatic rings. The monoisotopic (exact) mass is 314 g/mol. The quantitative estimate of drug-likeness (QED) is 0.659. The molecule has 126 valence electrons. The van der Waals surface area contributed by atoms with E-state index < -0.39 is 0 Å². The first-order chi connectivity index (χ1) is 11.3. The minimum absolute atomic E-state index is 0.252. The van der Waals surface area contributed by atoms with Gasteiger partial charge in [-0.3, -0.25) is 9.89 Å². The number of aliphatic imine (C=N–C) groups is 1. The zero-order valence-corrected chi connectivity index (χ0v) is 14.1. The van der Waals surface area contributed by atoms with E-state index in [1.54, 1.807) is 0 Å². The summed E-state index contributed by atoms with van der Waals surface area (Å²) in [5.74, 6) is 0.540. The van der Waals surface area contributed by atoms with Gasteiger partial charge in [0.15, 0.2) is 5.96 Å². The van der Waals surface area contributed by atoms with Gasteiger partial charge in [-0.05, 0) is 50.9 Å². The number of rotatable bonds is 4. The molecule has 0 bridgehead atoms. The number of hydrogen-bond donors (Lipinski definition) is 2. The van der Waals surface area contributed by atoms with Crippen molar-refractivity contribution < 1.29 is 0 Å². The third kappa shape index (κ3) is 4.25. The highest BCUT2D eigenvalue weighted by molar-refractivity contribution is 5.92. The summed E-state index contributed by atoms with van der Waals surface area (Å²) in [6.07, 6.45) is 10.6. The summed E-state index contributed by atoms with van der Waals surface area (Å²) >= 11 is 0. The van der Waals surface area contributed by atoms with Crippen LogP contribution in [0.1, 0.15) is 51.4 Å². The molecule has 4 nitrogen and oxygen atoms in total. The normalized spacial score (nSPS) is 22.7. The van der Waals surface area contributed by atoms with Crippen LogP contribution in [-0.4, -0.2) is 36.0 Å². The summed E-state index contributed by atoms with van der Waals surface area (Å²) in [6, 6.07) is 10.1. The summed E-state index contributed by atoms with van der Waals surface area (Å²) in [4.78, 5) is 7.45. The van der Waals surface area contributed by atoms with Crippen LogP contribution < -0.4 is 11.1 Å². The van der Waals surface area contributed by atoms with Crippen molar-refractivity contribution in [3.8, 4) is 0 Å². The van der Waals surface area contributed by atoms with Crippen molar-refractivity contribution in [2.45, 2.75) is 56.9 Å². The predicted octanol–water partition coefficient (Wildman–Crippen LogP) is 3.60. The van der Waals surface area contributed by atoms with Crippen LogP contribution >= 0.6 is 0 Å². The molecule has 3 rings (SSSR count). The SMILES string of the molecule is NC(=NCC1(N2CCCCC2)CCCCC1)Nc1ccccc1. The van der Waals surface area contributed by atoms with E-state index in [0.717, 1.165) is 12.2 Å². The number of nitrogens with two attached hydrogens (primary N) is 1. The molecule has 0 amide bonds. The van der Waals surface area contributed by atoms with Crippen LogP contribution in [0, 0.1) is 0 Å². The van der Waals surface area contributed by atoms with E-state index in [2.05, 4.69) is 10.2 Å². The summed E-state index contributed by atoms with van der Waals surface area (Å²) in [6.45, 7) is 3.31. The molecule has 1 aromatic rings. The van der Waals surface area contributed by atoms with Crippen molar-refractivity contribution in [1.29, 1.82) is 0 Å². The molecule has 1 heterocycles. The molecule has 23 heavy (non-hydrogen) atoms. The molecular weight excluding hydrogens is 284 g/mol. The number of anilines is 1. The lowest BCUT2D eigenvalue weighted by Crippen LogP contribution is -2.54. The van der Waals surface area contributed by atoms with E-state index in [1.807, 2.05) is 30.3 Å². The van der Waals surface area contributed by atoms with Crippen molar-refractivity contribution in [1.82, 2.24) is 4.90 Å². The van der Waals surface area contributed by atoms with Gasteiger partial charge >= 0.3 is 0 Å².